The van der Waals surface area contributed by atoms with Crippen LogP contribution in [0.25, 0.3) is 11.1 Å². The first-order valence-electron chi connectivity index (χ1n) is 15.1. The van der Waals surface area contributed by atoms with Gasteiger partial charge in [-0.25, -0.2) is 0 Å². The van der Waals surface area contributed by atoms with E-state index < -0.39 is 0 Å². The van der Waals surface area contributed by atoms with Gasteiger partial charge >= 0.3 is 0 Å². The molecule has 4 aliphatic rings. The van der Waals surface area contributed by atoms with E-state index in [0.29, 0.717) is 18.0 Å². The molecule has 3 fully saturated rings. The van der Waals surface area contributed by atoms with E-state index in [0.717, 1.165) is 54.7 Å². The number of hydrogen-bond donors (Lipinski definition) is 2. The molecular weight excluding hydrogens is 486 g/mol. The number of nitrogens with one attached hydrogen (secondary N) is 2. The van der Waals surface area contributed by atoms with E-state index in [1.165, 1.54) is 37.9 Å². The number of carbonyl (C=O) groups excluding carboxylic acids is 2. The van der Waals surface area contributed by atoms with E-state index in [1.807, 2.05) is 19.1 Å². The second-order valence-electron chi connectivity index (χ2n) is 12.8. The highest BCUT2D eigenvalue weighted by Gasteiger charge is 2.49. The summed E-state index contributed by atoms with van der Waals surface area (Å²) in [6.07, 6.45) is 8.12. The van der Waals surface area contributed by atoms with Gasteiger partial charge in [-0.3, -0.25) is 14.5 Å². The molecular formula is C33H43N3O3. The van der Waals surface area contributed by atoms with Gasteiger partial charge in [0.05, 0.1) is 5.92 Å². The van der Waals surface area contributed by atoms with Gasteiger partial charge in [-0.1, -0.05) is 37.6 Å². The highest BCUT2D eigenvalue weighted by Crippen LogP contribution is 2.56. The Bertz CT molecular complexity index is 1240. The average molecular weight is 530 g/mol. The minimum absolute atomic E-state index is 0.0379. The molecule has 1 aliphatic carbocycles. The Morgan fingerprint density at radius 1 is 1.10 bits per heavy atom. The summed E-state index contributed by atoms with van der Waals surface area (Å²) in [6.45, 7) is 10.1. The van der Waals surface area contributed by atoms with E-state index in [4.69, 9.17) is 4.74 Å². The summed E-state index contributed by atoms with van der Waals surface area (Å²) in [4.78, 5) is 28.6. The number of benzene rings is 2. The molecule has 0 spiro atoms. The van der Waals surface area contributed by atoms with Gasteiger partial charge in [0.25, 0.3) is 5.91 Å². The van der Waals surface area contributed by atoms with Crippen molar-refractivity contribution in [3.63, 3.8) is 0 Å². The summed E-state index contributed by atoms with van der Waals surface area (Å²) in [5.41, 5.74) is 5.01. The Labute approximate surface area is 232 Å². The van der Waals surface area contributed by atoms with Crippen LogP contribution in [0.5, 0.6) is 5.75 Å². The molecule has 39 heavy (non-hydrogen) atoms. The number of likely N-dealkylation sites (tertiary alicyclic amines) is 1. The lowest BCUT2D eigenvalue weighted by Crippen LogP contribution is -2.50. The maximum atomic E-state index is 13.5. The highest BCUT2D eigenvalue weighted by atomic mass is 16.5. The Hall–Kier alpha value is -2.86. The molecule has 2 aromatic rings. The molecule has 0 radical (unpaired) electrons. The van der Waals surface area contributed by atoms with E-state index in [-0.39, 0.29) is 35.3 Å². The van der Waals surface area contributed by atoms with Crippen molar-refractivity contribution < 1.29 is 14.3 Å². The minimum Gasteiger partial charge on any atom is -0.486 e. The van der Waals surface area contributed by atoms with Crippen LogP contribution >= 0.6 is 0 Å². The lowest BCUT2D eigenvalue weighted by atomic mass is 9.84. The number of amides is 2. The molecule has 2 saturated heterocycles. The number of hydrogen-bond acceptors (Lipinski definition) is 4. The molecule has 6 rings (SSSR count). The molecule has 0 aromatic heterocycles. The summed E-state index contributed by atoms with van der Waals surface area (Å²) in [7, 11) is 0. The van der Waals surface area contributed by atoms with Gasteiger partial charge in [0.2, 0.25) is 5.91 Å². The van der Waals surface area contributed by atoms with Crippen LogP contribution in [0.4, 0.5) is 0 Å². The zero-order valence-electron chi connectivity index (χ0n) is 23.7. The van der Waals surface area contributed by atoms with Gasteiger partial charge in [-0.2, -0.15) is 0 Å². The second kappa shape index (κ2) is 10.6. The second-order valence-corrected chi connectivity index (χ2v) is 12.8. The molecule has 2 aromatic carbocycles. The molecule has 2 amide bonds. The Kier molecular flexibility index (Phi) is 7.17. The summed E-state index contributed by atoms with van der Waals surface area (Å²) in [5, 5.41) is 6.13. The fraction of sp³-hybridized carbons (Fsp3) is 0.576. The number of piperidine rings is 2. The van der Waals surface area contributed by atoms with Crippen LogP contribution in [0.3, 0.4) is 0 Å². The maximum Gasteiger partial charge on any atom is 0.251 e. The van der Waals surface area contributed by atoms with Crippen LogP contribution < -0.4 is 15.4 Å². The zero-order chi connectivity index (χ0) is 27.1. The van der Waals surface area contributed by atoms with Crippen molar-refractivity contribution in [1.29, 1.82) is 0 Å². The van der Waals surface area contributed by atoms with Crippen LogP contribution in [0.2, 0.25) is 0 Å². The largest absolute Gasteiger partial charge is 0.486 e. The van der Waals surface area contributed by atoms with Crippen LogP contribution in [0, 0.1) is 11.8 Å². The molecule has 6 heteroatoms. The third-order valence-electron chi connectivity index (χ3n) is 9.73. The predicted molar refractivity (Wildman–Crippen MR) is 154 cm³/mol. The smallest absolute Gasteiger partial charge is 0.251 e. The number of rotatable bonds is 6. The third kappa shape index (κ3) is 5.20. The molecule has 6 nitrogen and oxygen atoms in total. The monoisotopic (exact) mass is 529 g/mol. The molecule has 0 bridgehead atoms. The normalized spacial score (nSPS) is 30.3. The molecule has 208 valence electrons. The van der Waals surface area contributed by atoms with Gasteiger partial charge < -0.3 is 15.4 Å². The molecule has 3 unspecified atom stereocenters. The first-order valence-corrected chi connectivity index (χ1v) is 15.1. The highest BCUT2D eigenvalue weighted by molar-refractivity contribution is 5.97. The predicted octanol–water partition coefficient (Wildman–Crippen LogP) is 5.65. The fourth-order valence-corrected chi connectivity index (χ4v) is 7.50. The number of carbonyl (C=O) groups is 2. The van der Waals surface area contributed by atoms with Gasteiger partial charge in [0.15, 0.2) is 0 Å². The van der Waals surface area contributed by atoms with Crippen LogP contribution in [0.15, 0.2) is 36.4 Å². The third-order valence-corrected chi connectivity index (χ3v) is 9.73. The number of fused-ring (bicyclic) bond motifs is 3. The van der Waals surface area contributed by atoms with Crippen LogP contribution in [-0.4, -0.2) is 48.0 Å². The average Bonchev–Trinajstić information content (AvgIpc) is 3.42. The van der Waals surface area contributed by atoms with Crippen LogP contribution in [0.1, 0.15) is 93.1 Å². The summed E-state index contributed by atoms with van der Waals surface area (Å²) in [6, 6.07) is 13.1. The van der Waals surface area contributed by atoms with Crippen molar-refractivity contribution in [2.45, 2.75) is 89.8 Å². The van der Waals surface area contributed by atoms with Crippen molar-refractivity contribution in [3.8, 4) is 16.9 Å². The van der Waals surface area contributed by atoms with Gasteiger partial charge in [-0.05, 0) is 94.6 Å². The molecule has 3 aliphatic heterocycles. The summed E-state index contributed by atoms with van der Waals surface area (Å²) >= 11 is 0. The van der Waals surface area contributed by atoms with Crippen molar-refractivity contribution in [1.82, 2.24) is 15.5 Å². The quantitative estimate of drug-likeness (QED) is 0.508. The maximum absolute atomic E-state index is 13.5. The first kappa shape index (κ1) is 26.4. The van der Waals surface area contributed by atoms with E-state index in [1.54, 1.807) is 0 Å². The van der Waals surface area contributed by atoms with Gasteiger partial charge in [0.1, 0.15) is 11.4 Å². The summed E-state index contributed by atoms with van der Waals surface area (Å²) in [5.74, 6) is 1.20. The Balaban J connectivity index is 1.26. The van der Waals surface area contributed by atoms with Crippen molar-refractivity contribution in [3.05, 3.63) is 53.1 Å². The topological polar surface area (TPSA) is 70.7 Å². The van der Waals surface area contributed by atoms with Crippen LogP contribution in [-0.2, 0) is 11.3 Å². The summed E-state index contributed by atoms with van der Waals surface area (Å²) < 4.78 is 6.69. The van der Waals surface area contributed by atoms with E-state index >= 15 is 0 Å². The standard InChI is InChI=1S/C33H43N3O3/c1-21-16-22(2)35-32(38)28(21)19-34-31(37)25-17-26(30-27(18-25)29-8-7-13-33(29,3)39-30)24-11-9-23(10-12-24)20-36-14-5-4-6-15-36/h9-12,17-18,21-22,28-29H,4-8,13-16,19-20H2,1-3H3,(H,34,37)(H,35,38)/t21?,22?,28?,29-,33-/m0/s1. The number of nitrogens with zero attached hydrogens (tertiary/aromatic N) is 1. The van der Waals surface area contributed by atoms with E-state index in [9.17, 15) is 9.59 Å². The Morgan fingerprint density at radius 3 is 2.62 bits per heavy atom. The lowest BCUT2D eigenvalue weighted by molar-refractivity contribution is -0.129. The molecule has 3 heterocycles. The van der Waals surface area contributed by atoms with E-state index in [2.05, 4.69) is 53.6 Å². The Morgan fingerprint density at radius 2 is 1.87 bits per heavy atom. The van der Waals surface area contributed by atoms with Crippen molar-refractivity contribution >= 4 is 11.8 Å². The SMILES string of the molecule is CC1CC(C)C(CNC(=O)c2cc(-c3ccc(CN4CCCCC4)cc3)c3c(c2)[C@@H]2CCC[C@]2(C)O3)C(=O)N1. The molecule has 5 atom stereocenters. The van der Waals surface area contributed by atoms with Gasteiger partial charge in [-0.15, -0.1) is 0 Å². The van der Waals surface area contributed by atoms with Gasteiger partial charge in [0, 0.05) is 41.7 Å². The molecule has 2 N–H and O–H groups in total. The lowest BCUT2D eigenvalue weighted by Gasteiger charge is -2.32. The zero-order valence-corrected chi connectivity index (χ0v) is 23.7. The first-order chi connectivity index (χ1) is 18.8. The number of ether oxygens (including phenoxy) is 1. The fourth-order valence-electron chi connectivity index (χ4n) is 7.50. The van der Waals surface area contributed by atoms with Crippen molar-refractivity contribution in [2.24, 2.45) is 11.8 Å². The minimum atomic E-state index is -0.202. The van der Waals surface area contributed by atoms with Crippen molar-refractivity contribution in [2.75, 3.05) is 19.6 Å². The molecule has 1 saturated carbocycles.